The fraction of sp³-hybridized carbons (Fsp3) is 0.238. The Morgan fingerprint density at radius 2 is 2.04 bits per heavy atom. The Balaban J connectivity index is 1.93. The largest absolute Gasteiger partial charge is 0.505 e. The third-order valence-corrected chi connectivity index (χ3v) is 4.87. The molecule has 4 rings (SSSR count). The van der Waals surface area contributed by atoms with E-state index in [1.54, 1.807) is 18.2 Å². The predicted molar refractivity (Wildman–Crippen MR) is 101 cm³/mol. The zero-order valence-electron chi connectivity index (χ0n) is 15.1. The smallest absolute Gasteiger partial charge is 0.358 e. The number of benzene rings is 2. The highest BCUT2D eigenvalue weighted by Crippen LogP contribution is 2.30. The molecule has 0 spiro atoms. The number of hydrogen-bond acceptors (Lipinski definition) is 5. The van der Waals surface area contributed by atoms with Crippen molar-refractivity contribution in [1.29, 1.82) is 0 Å². The molecule has 0 aliphatic carbocycles. The molecular weight excluding hydrogens is 346 g/mol. The molecule has 1 N–H and O–H groups in total. The van der Waals surface area contributed by atoms with Crippen LogP contribution in [0.3, 0.4) is 0 Å². The first-order valence-corrected chi connectivity index (χ1v) is 8.68. The zero-order chi connectivity index (χ0) is 19.1. The van der Waals surface area contributed by atoms with Crippen molar-refractivity contribution in [2.24, 2.45) is 0 Å². The Hall–Kier alpha value is -3.28. The third kappa shape index (κ3) is 2.83. The van der Waals surface area contributed by atoms with E-state index in [2.05, 4.69) is 0 Å². The number of carbonyl (C=O) groups excluding carboxylic acids is 1. The van der Waals surface area contributed by atoms with Crippen molar-refractivity contribution in [2.45, 2.75) is 19.9 Å². The fourth-order valence-electron chi connectivity index (χ4n) is 3.52. The standard InChI is InChI=1S/C21H19NO5/c1-12-3-5-15-16(9-12)19(23)18(21(25)26-2)22(20(15)24)11-13-4-6-17-14(10-13)7-8-27-17/h3-6,9-10,23H,7-8,11H2,1-2H3. The normalized spacial score (nSPS) is 12.7. The summed E-state index contributed by atoms with van der Waals surface area (Å²) in [6.45, 7) is 2.64. The number of fused-ring (bicyclic) bond motifs is 2. The maximum absolute atomic E-state index is 13.1. The van der Waals surface area contributed by atoms with E-state index in [9.17, 15) is 14.7 Å². The maximum atomic E-state index is 13.1. The molecule has 0 saturated heterocycles. The van der Waals surface area contributed by atoms with Crippen molar-refractivity contribution in [1.82, 2.24) is 4.57 Å². The molecule has 27 heavy (non-hydrogen) atoms. The van der Waals surface area contributed by atoms with E-state index < -0.39 is 5.97 Å². The van der Waals surface area contributed by atoms with Crippen molar-refractivity contribution >= 4 is 16.7 Å². The lowest BCUT2D eigenvalue weighted by Crippen LogP contribution is -2.27. The summed E-state index contributed by atoms with van der Waals surface area (Å²) in [5.41, 5.74) is 2.31. The number of aryl methyl sites for hydroxylation is 1. The Morgan fingerprint density at radius 1 is 1.22 bits per heavy atom. The van der Waals surface area contributed by atoms with Crippen LogP contribution in [-0.4, -0.2) is 29.4 Å². The van der Waals surface area contributed by atoms with Gasteiger partial charge in [0, 0.05) is 11.8 Å². The Labute approximate surface area is 155 Å². The molecule has 3 aromatic rings. The quantitative estimate of drug-likeness (QED) is 0.722. The number of rotatable bonds is 3. The summed E-state index contributed by atoms with van der Waals surface area (Å²) < 4.78 is 11.6. The minimum absolute atomic E-state index is 0.141. The second-order valence-corrected chi connectivity index (χ2v) is 6.67. The summed E-state index contributed by atoms with van der Waals surface area (Å²) in [6.07, 6.45) is 0.810. The first kappa shape index (κ1) is 17.1. The van der Waals surface area contributed by atoms with E-state index in [0.29, 0.717) is 17.4 Å². The molecule has 0 unspecified atom stereocenters. The second-order valence-electron chi connectivity index (χ2n) is 6.67. The lowest BCUT2D eigenvalue weighted by Gasteiger charge is -2.16. The zero-order valence-corrected chi connectivity index (χ0v) is 15.1. The van der Waals surface area contributed by atoms with Crippen LogP contribution in [0.4, 0.5) is 0 Å². The summed E-state index contributed by atoms with van der Waals surface area (Å²) in [7, 11) is 1.23. The Morgan fingerprint density at radius 3 is 2.81 bits per heavy atom. The minimum Gasteiger partial charge on any atom is -0.505 e. The average molecular weight is 365 g/mol. The molecule has 0 amide bonds. The lowest BCUT2D eigenvalue weighted by molar-refractivity contribution is 0.0584. The number of pyridine rings is 1. The van der Waals surface area contributed by atoms with Gasteiger partial charge in [-0.25, -0.2) is 4.79 Å². The van der Waals surface area contributed by atoms with E-state index >= 15 is 0 Å². The van der Waals surface area contributed by atoms with Crippen molar-refractivity contribution < 1.29 is 19.4 Å². The van der Waals surface area contributed by atoms with Gasteiger partial charge in [0.25, 0.3) is 5.56 Å². The lowest BCUT2D eigenvalue weighted by atomic mass is 10.1. The van der Waals surface area contributed by atoms with Crippen LogP contribution in [-0.2, 0) is 17.7 Å². The van der Waals surface area contributed by atoms with Gasteiger partial charge in [-0.15, -0.1) is 0 Å². The van der Waals surface area contributed by atoms with Crippen LogP contribution in [0.2, 0.25) is 0 Å². The number of aromatic nitrogens is 1. The van der Waals surface area contributed by atoms with Crippen LogP contribution in [0, 0.1) is 6.92 Å². The number of carbonyl (C=O) groups is 1. The summed E-state index contributed by atoms with van der Waals surface area (Å²) >= 11 is 0. The van der Waals surface area contributed by atoms with Gasteiger partial charge in [-0.3, -0.25) is 9.36 Å². The van der Waals surface area contributed by atoms with Gasteiger partial charge in [-0.05, 0) is 36.2 Å². The van der Waals surface area contributed by atoms with Gasteiger partial charge in [0.1, 0.15) is 5.75 Å². The number of aromatic hydroxyl groups is 1. The molecule has 0 saturated carbocycles. The van der Waals surface area contributed by atoms with Gasteiger partial charge in [0.05, 0.1) is 25.6 Å². The van der Waals surface area contributed by atoms with E-state index in [1.165, 1.54) is 11.7 Å². The molecule has 6 heteroatoms. The number of esters is 1. The number of nitrogens with zero attached hydrogens (tertiary/aromatic N) is 1. The first-order chi connectivity index (χ1) is 13.0. The van der Waals surface area contributed by atoms with Crippen LogP contribution < -0.4 is 10.3 Å². The van der Waals surface area contributed by atoms with Crippen molar-refractivity contribution in [2.75, 3.05) is 13.7 Å². The summed E-state index contributed by atoms with van der Waals surface area (Å²) in [6, 6.07) is 10.8. The van der Waals surface area contributed by atoms with Crippen LogP contribution in [0.15, 0.2) is 41.2 Å². The highest BCUT2D eigenvalue weighted by Gasteiger charge is 2.23. The van der Waals surface area contributed by atoms with E-state index in [-0.39, 0.29) is 23.5 Å². The summed E-state index contributed by atoms with van der Waals surface area (Å²) in [5, 5.41) is 11.4. The molecule has 0 radical (unpaired) electrons. The van der Waals surface area contributed by atoms with Gasteiger partial charge in [-0.1, -0.05) is 23.8 Å². The van der Waals surface area contributed by atoms with Crippen molar-refractivity contribution in [3.05, 3.63) is 69.1 Å². The SMILES string of the molecule is COC(=O)c1c(O)c2cc(C)ccc2c(=O)n1Cc1ccc2c(c1)CCO2. The summed E-state index contributed by atoms with van der Waals surface area (Å²) in [4.78, 5) is 25.4. The molecule has 0 atom stereocenters. The highest BCUT2D eigenvalue weighted by atomic mass is 16.5. The molecule has 1 aliphatic rings. The molecule has 0 fully saturated rings. The fourth-order valence-corrected chi connectivity index (χ4v) is 3.52. The highest BCUT2D eigenvalue weighted by molar-refractivity contribution is 5.99. The van der Waals surface area contributed by atoms with Gasteiger partial charge in [0.15, 0.2) is 11.4 Å². The van der Waals surface area contributed by atoms with Crippen molar-refractivity contribution in [3.63, 3.8) is 0 Å². The average Bonchev–Trinajstić information content (AvgIpc) is 3.13. The number of hydrogen-bond donors (Lipinski definition) is 1. The molecule has 0 bridgehead atoms. The first-order valence-electron chi connectivity index (χ1n) is 8.68. The second kappa shape index (κ2) is 6.46. The van der Waals surface area contributed by atoms with Crippen LogP contribution in [0.1, 0.15) is 27.2 Å². The Bertz CT molecular complexity index is 1130. The molecule has 2 aromatic carbocycles. The van der Waals surface area contributed by atoms with Gasteiger partial charge in [0.2, 0.25) is 0 Å². The third-order valence-electron chi connectivity index (χ3n) is 4.87. The molecule has 1 aliphatic heterocycles. The topological polar surface area (TPSA) is 77.8 Å². The molecule has 2 heterocycles. The van der Waals surface area contributed by atoms with E-state index in [0.717, 1.165) is 28.9 Å². The van der Waals surface area contributed by atoms with Crippen LogP contribution in [0.5, 0.6) is 11.5 Å². The van der Waals surface area contributed by atoms with Crippen LogP contribution in [0.25, 0.3) is 10.8 Å². The predicted octanol–water partition coefficient (Wildman–Crippen LogP) is 2.79. The van der Waals surface area contributed by atoms with E-state index in [4.69, 9.17) is 9.47 Å². The number of ether oxygens (including phenoxy) is 2. The molecular formula is C21H19NO5. The molecule has 1 aromatic heterocycles. The van der Waals surface area contributed by atoms with Gasteiger partial charge >= 0.3 is 5.97 Å². The molecule has 138 valence electrons. The molecule has 6 nitrogen and oxygen atoms in total. The van der Waals surface area contributed by atoms with Gasteiger partial charge in [-0.2, -0.15) is 0 Å². The summed E-state index contributed by atoms with van der Waals surface area (Å²) in [5.74, 6) is -0.154. The Kier molecular flexibility index (Phi) is 4.11. The minimum atomic E-state index is -0.752. The maximum Gasteiger partial charge on any atom is 0.358 e. The van der Waals surface area contributed by atoms with Crippen molar-refractivity contribution in [3.8, 4) is 11.5 Å². The van der Waals surface area contributed by atoms with Gasteiger partial charge < -0.3 is 14.6 Å². The van der Waals surface area contributed by atoms with E-state index in [1.807, 2.05) is 25.1 Å². The number of methoxy groups -OCH3 is 1. The monoisotopic (exact) mass is 365 g/mol. The van der Waals surface area contributed by atoms with Crippen LogP contribution >= 0.6 is 0 Å².